The lowest BCUT2D eigenvalue weighted by atomic mass is 9.99. The Bertz CT molecular complexity index is 1000. The second-order valence-electron chi connectivity index (χ2n) is 6.70. The second-order valence-corrected chi connectivity index (χ2v) is 6.70. The SMILES string of the molecule is O=C(NCc1ccc(OC(F)(F)F)cc1)C1CN(c2cc(-n3cccn3)ncn2)C1. The number of aromatic nitrogens is 4. The van der Waals surface area contributed by atoms with Crippen LogP contribution in [0, 0.1) is 5.92 Å². The van der Waals surface area contributed by atoms with E-state index in [0.717, 1.165) is 0 Å². The average molecular weight is 418 g/mol. The predicted octanol–water partition coefficient (Wildman–Crippen LogP) is 2.31. The molecule has 156 valence electrons. The number of carbonyl (C=O) groups excluding carboxylic acids is 1. The molecule has 30 heavy (non-hydrogen) atoms. The number of nitrogens with zero attached hydrogens (tertiary/aromatic N) is 5. The highest BCUT2D eigenvalue weighted by atomic mass is 19.4. The Morgan fingerprint density at radius 1 is 1.17 bits per heavy atom. The Labute approximate surface area is 169 Å². The number of amides is 1. The van der Waals surface area contributed by atoms with Gasteiger partial charge in [0.15, 0.2) is 5.82 Å². The first-order valence-electron chi connectivity index (χ1n) is 9.07. The number of hydrogen-bond acceptors (Lipinski definition) is 6. The monoisotopic (exact) mass is 418 g/mol. The molecule has 0 bridgehead atoms. The summed E-state index contributed by atoms with van der Waals surface area (Å²) in [6.45, 7) is 1.25. The third-order valence-corrected chi connectivity index (χ3v) is 4.58. The summed E-state index contributed by atoms with van der Waals surface area (Å²) in [5, 5.41) is 6.93. The van der Waals surface area contributed by atoms with E-state index in [1.54, 1.807) is 29.2 Å². The third kappa shape index (κ3) is 4.67. The van der Waals surface area contributed by atoms with Crippen LogP contribution in [-0.4, -0.2) is 45.1 Å². The van der Waals surface area contributed by atoms with Crippen LogP contribution >= 0.6 is 0 Å². The summed E-state index contributed by atoms with van der Waals surface area (Å²) in [6, 6.07) is 8.98. The molecule has 0 unspecified atom stereocenters. The van der Waals surface area contributed by atoms with Crippen molar-refractivity contribution in [3.8, 4) is 11.6 Å². The fourth-order valence-electron chi connectivity index (χ4n) is 3.01. The molecule has 11 heteroatoms. The minimum absolute atomic E-state index is 0.122. The molecule has 3 aromatic rings. The van der Waals surface area contributed by atoms with Gasteiger partial charge in [0.1, 0.15) is 17.9 Å². The highest BCUT2D eigenvalue weighted by Gasteiger charge is 2.33. The van der Waals surface area contributed by atoms with Crippen molar-refractivity contribution in [3.05, 3.63) is 60.7 Å². The van der Waals surface area contributed by atoms with Crippen LogP contribution in [0.2, 0.25) is 0 Å². The predicted molar refractivity (Wildman–Crippen MR) is 99.8 cm³/mol. The molecular formula is C19H17F3N6O2. The van der Waals surface area contributed by atoms with Gasteiger partial charge in [0.05, 0.1) is 5.92 Å². The van der Waals surface area contributed by atoms with Gasteiger partial charge in [0.25, 0.3) is 0 Å². The quantitative estimate of drug-likeness (QED) is 0.661. The highest BCUT2D eigenvalue weighted by molar-refractivity contribution is 5.81. The number of ether oxygens (including phenoxy) is 1. The Balaban J connectivity index is 1.26. The van der Waals surface area contributed by atoms with Crippen molar-refractivity contribution in [1.29, 1.82) is 0 Å². The van der Waals surface area contributed by atoms with E-state index in [2.05, 4.69) is 25.1 Å². The molecule has 3 heterocycles. The standard InChI is InChI=1S/C19H17F3N6O2/c20-19(21,22)30-15-4-2-13(3-5-15)9-23-18(29)14-10-27(11-14)16-8-17(25-12-24-16)28-7-1-6-26-28/h1-8,12,14H,9-11H2,(H,23,29). The van der Waals surface area contributed by atoms with E-state index in [0.29, 0.717) is 30.3 Å². The molecule has 0 radical (unpaired) electrons. The van der Waals surface area contributed by atoms with Gasteiger partial charge in [0.2, 0.25) is 5.91 Å². The topological polar surface area (TPSA) is 85.2 Å². The Morgan fingerprint density at radius 2 is 1.90 bits per heavy atom. The second kappa shape index (κ2) is 8.01. The maximum atomic E-state index is 12.3. The van der Waals surface area contributed by atoms with Crippen LogP contribution in [0.1, 0.15) is 5.56 Å². The molecule has 1 aromatic carbocycles. The number of anilines is 1. The van der Waals surface area contributed by atoms with Gasteiger partial charge in [-0.15, -0.1) is 13.2 Å². The van der Waals surface area contributed by atoms with Crippen molar-refractivity contribution in [3.63, 3.8) is 0 Å². The van der Waals surface area contributed by atoms with E-state index in [1.165, 1.54) is 30.6 Å². The number of halogens is 3. The van der Waals surface area contributed by atoms with E-state index < -0.39 is 6.36 Å². The first kappa shape index (κ1) is 19.7. The fourth-order valence-corrected chi connectivity index (χ4v) is 3.01. The normalized spacial score (nSPS) is 14.3. The minimum atomic E-state index is -4.73. The fraction of sp³-hybridized carbons (Fsp3) is 0.263. The number of alkyl halides is 3. The van der Waals surface area contributed by atoms with E-state index in [-0.39, 0.29) is 24.1 Å². The van der Waals surface area contributed by atoms with Crippen LogP contribution in [0.5, 0.6) is 5.75 Å². The lowest BCUT2D eigenvalue weighted by Gasteiger charge is -2.39. The lowest BCUT2D eigenvalue weighted by molar-refractivity contribution is -0.274. The molecule has 0 atom stereocenters. The number of benzene rings is 1. The van der Waals surface area contributed by atoms with Gasteiger partial charge in [-0.25, -0.2) is 14.6 Å². The van der Waals surface area contributed by atoms with Crippen LogP contribution < -0.4 is 15.0 Å². The van der Waals surface area contributed by atoms with Crippen LogP contribution in [0.25, 0.3) is 5.82 Å². The summed E-state index contributed by atoms with van der Waals surface area (Å²) in [4.78, 5) is 22.7. The number of hydrogen-bond donors (Lipinski definition) is 1. The summed E-state index contributed by atoms with van der Waals surface area (Å²) in [6.07, 6.45) is 0.156. The van der Waals surface area contributed by atoms with Gasteiger partial charge in [0, 0.05) is 38.1 Å². The zero-order valence-corrected chi connectivity index (χ0v) is 15.6. The molecule has 8 nitrogen and oxygen atoms in total. The average Bonchev–Trinajstić information content (AvgIpc) is 3.20. The van der Waals surface area contributed by atoms with E-state index in [9.17, 15) is 18.0 Å². The largest absolute Gasteiger partial charge is 0.573 e. The summed E-state index contributed by atoms with van der Waals surface area (Å²) >= 11 is 0. The van der Waals surface area contributed by atoms with E-state index in [4.69, 9.17) is 0 Å². The summed E-state index contributed by atoms with van der Waals surface area (Å²) < 4.78 is 42.0. The lowest BCUT2D eigenvalue weighted by Crippen LogP contribution is -2.54. The van der Waals surface area contributed by atoms with E-state index >= 15 is 0 Å². The first-order chi connectivity index (χ1) is 14.4. The zero-order valence-electron chi connectivity index (χ0n) is 15.6. The highest BCUT2D eigenvalue weighted by Crippen LogP contribution is 2.24. The molecule has 0 spiro atoms. The Morgan fingerprint density at radius 3 is 2.57 bits per heavy atom. The molecular weight excluding hydrogens is 401 g/mol. The smallest absolute Gasteiger partial charge is 0.406 e. The van der Waals surface area contributed by atoms with E-state index in [1.807, 2.05) is 4.90 Å². The molecule has 1 aliphatic rings. The molecule has 2 aromatic heterocycles. The molecule has 1 fully saturated rings. The maximum Gasteiger partial charge on any atom is 0.573 e. The summed E-state index contributed by atoms with van der Waals surface area (Å²) in [7, 11) is 0. The molecule has 4 rings (SSSR count). The summed E-state index contributed by atoms with van der Waals surface area (Å²) in [5.41, 5.74) is 0.675. The molecule has 1 aliphatic heterocycles. The number of rotatable bonds is 6. The summed E-state index contributed by atoms with van der Waals surface area (Å²) in [5.74, 6) is 0.728. The van der Waals surface area contributed by atoms with Gasteiger partial charge in [-0.1, -0.05) is 12.1 Å². The third-order valence-electron chi connectivity index (χ3n) is 4.58. The van der Waals surface area contributed by atoms with Crippen molar-refractivity contribution in [1.82, 2.24) is 25.1 Å². The van der Waals surface area contributed by atoms with Crippen molar-refractivity contribution < 1.29 is 22.7 Å². The number of carbonyl (C=O) groups is 1. The van der Waals surface area contributed by atoms with Crippen molar-refractivity contribution >= 4 is 11.7 Å². The van der Waals surface area contributed by atoms with Crippen LogP contribution in [0.4, 0.5) is 19.0 Å². The van der Waals surface area contributed by atoms with Gasteiger partial charge >= 0.3 is 6.36 Å². The van der Waals surface area contributed by atoms with Gasteiger partial charge in [-0.2, -0.15) is 5.10 Å². The molecule has 1 saturated heterocycles. The van der Waals surface area contributed by atoms with Gasteiger partial charge in [-0.3, -0.25) is 4.79 Å². The van der Waals surface area contributed by atoms with Gasteiger partial charge < -0.3 is 15.0 Å². The molecule has 1 amide bonds. The number of nitrogens with one attached hydrogen (secondary N) is 1. The maximum absolute atomic E-state index is 12.3. The Kier molecular flexibility index (Phi) is 5.25. The zero-order chi connectivity index (χ0) is 21.1. The molecule has 1 N–H and O–H groups in total. The van der Waals surface area contributed by atoms with Crippen molar-refractivity contribution in [2.24, 2.45) is 5.92 Å². The minimum Gasteiger partial charge on any atom is -0.406 e. The van der Waals surface area contributed by atoms with Crippen molar-refractivity contribution in [2.45, 2.75) is 12.9 Å². The van der Waals surface area contributed by atoms with Crippen LogP contribution in [0.3, 0.4) is 0 Å². The van der Waals surface area contributed by atoms with Crippen molar-refractivity contribution in [2.75, 3.05) is 18.0 Å². The molecule has 0 saturated carbocycles. The van der Waals surface area contributed by atoms with Crippen LogP contribution in [0.15, 0.2) is 55.1 Å². The van der Waals surface area contributed by atoms with Gasteiger partial charge in [-0.05, 0) is 23.8 Å². The molecule has 0 aliphatic carbocycles. The first-order valence-corrected chi connectivity index (χ1v) is 9.07. The Hall–Kier alpha value is -3.63. The van der Waals surface area contributed by atoms with Crippen LogP contribution in [-0.2, 0) is 11.3 Å².